The Labute approximate surface area is 142 Å². The molecule has 2 aliphatic rings. The summed E-state index contributed by atoms with van der Waals surface area (Å²) in [5.74, 6) is -0.516. The SMILES string of the molecule is COC(=O)c1cn(CCn2ccc3ccccc32)cc2c(=O)[nH]nc1-2. The minimum absolute atomic E-state index is 0.274. The molecule has 7 heteroatoms. The van der Waals surface area contributed by atoms with Gasteiger partial charge >= 0.3 is 5.97 Å². The lowest BCUT2D eigenvalue weighted by Crippen LogP contribution is -2.14. The van der Waals surface area contributed by atoms with Gasteiger partial charge in [-0.15, -0.1) is 0 Å². The van der Waals surface area contributed by atoms with Gasteiger partial charge in [-0.05, 0) is 17.5 Å². The number of fused-ring (bicyclic) bond motifs is 2. The van der Waals surface area contributed by atoms with E-state index in [-0.39, 0.29) is 11.1 Å². The number of carbonyl (C=O) groups is 1. The first-order valence-corrected chi connectivity index (χ1v) is 7.88. The fraction of sp³-hybridized carbons (Fsp3) is 0.167. The van der Waals surface area contributed by atoms with Gasteiger partial charge in [0.2, 0.25) is 0 Å². The van der Waals surface area contributed by atoms with Crippen molar-refractivity contribution in [3.05, 3.63) is 64.8 Å². The maximum absolute atomic E-state index is 12.0. The highest BCUT2D eigenvalue weighted by atomic mass is 16.5. The van der Waals surface area contributed by atoms with Gasteiger partial charge in [0.25, 0.3) is 5.56 Å². The zero-order valence-corrected chi connectivity index (χ0v) is 13.6. The second-order valence-corrected chi connectivity index (χ2v) is 5.78. The topological polar surface area (TPSA) is 81.9 Å². The Kier molecular flexibility index (Phi) is 3.61. The maximum atomic E-state index is 12.0. The van der Waals surface area contributed by atoms with Crippen molar-refractivity contribution in [3.8, 4) is 11.3 Å². The van der Waals surface area contributed by atoms with Gasteiger partial charge in [0.15, 0.2) is 0 Å². The van der Waals surface area contributed by atoms with Crippen molar-refractivity contribution in [1.82, 2.24) is 19.3 Å². The van der Waals surface area contributed by atoms with E-state index in [1.807, 2.05) is 22.9 Å². The smallest absolute Gasteiger partial charge is 0.341 e. The molecule has 25 heavy (non-hydrogen) atoms. The molecule has 1 N–H and O–H groups in total. The van der Waals surface area contributed by atoms with Crippen LogP contribution in [0.1, 0.15) is 10.4 Å². The zero-order valence-electron chi connectivity index (χ0n) is 13.6. The quantitative estimate of drug-likeness (QED) is 0.579. The van der Waals surface area contributed by atoms with E-state index in [1.54, 1.807) is 12.4 Å². The molecule has 126 valence electrons. The predicted octanol–water partition coefficient (Wildman–Crippen LogP) is 2.12. The lowest BCUT2D eigenvalue weighted by atomic mass is 10.1. The number of benzene rings is 1. The van der Waals surface area contributed by atoms with Gasteiger partial charge in [-0.1, -0.05) is 18.2 Å². The Balaban J connectivity index is 1.69. The van der Waals surface area contributed by atoms with Gasteiger partial charge in [-0.3, -0.25) is 4.79 Å². The third-order valence-electron chi connectivity index (χ3n) is 4.30. The summed E-state index contributed by atoms with van der Waals surface area (Å²) in [6, 6.07) is 10.2. The number of pyridine rings is 1. The van der Waals surface area contributed by atoms with Crippen LogP contribution in [-0.4, -0.2) is 32.4 Å². The Bertz CT molecular complexity index is 1090. The van der Waals surface area contributed by atoms with Gasteiger partial charge < -0.3 is 13.9 Å². The van der Waals surface area contributed by atoms with Crippen molar-refractivity contribution < 1.29 is 9.53 Å². The van der Waals surface area contributed by atoms with Gasteiger partial charge in [-0.2, -0.15) is 5.10 Å². The number of hydrogen-bond donors (Lipinski definition) is 1. The van der Waals surface area contributed by atoms with Crippen LogP contribution in [0, 0.1) is 0 Å². The fourth-order valence-electron chi connectivity index (χ4n) is 3.04. The average Bonchev–Trinajstić information content (AvgIpc) is 3.23. The molecule has 2 aliphatic heterocycles. The van der Waals surface area contributed by atoms with E-state index in [1.165, 1.54) is 12.5 Å². The van der Waals surface area contributed by atoms with Crippen LogP contribution in [0.25, 0.3) is 22.2 Å². The van der Waals surface area contributed by atoms with Gasteiger partial charge in [0, 0.05) is 37.2 Å². The Morgan fingerprint density at radius 1 is 1.20 bits per heavy atom. The molecule has 0 amide bonds. The monoisotopic (exact) mass is 336 g/mol. The molecule has 7 nitrogen and oxygen atoms in total. The minimum atomic E-state index is -0.516. The fourth-order valence-corrected chi connectivity index (χ4v) is 3.04. The van der Waals surface area contributed by atoms with Crippen LogP contribution in [0.15, 0.2) is 53.7 Å². The van der Waals surface area contributed by atoms with Crippen molar-refractivity contribution in [2.75, 3.05) is 7.11 Å². The number of methoxy groups -OCH3 is 1. The van der Waals surface area contributed by atoms with Crippen molar-refractivity contribution >= 4 is 16.9 Å². The Morgan fingerprint density at radius 3 is 2.88 bits per heavy atom. The zero-order chi connectivity index (χ0) is 17.4. The molecule has 0 spiro atoms. The standard InChI is InChI=1S/C18H16N4O3/c1-25-18(24)14-11-21(10-13-16(14)19-20-17(13)23)8-9-22-7-6-12-4-2-3-5-15(12)22/h2-7,10-11H,8-9H2,1H3,(H,20,23). The molecular formula is C18H16N4O3. The van der Waals surface area contributed by atoms with E-state index in [4.69, 9.17) is 4.74 Å². The van der Waals surface area contributed by atoms with Crippen molar-refractivity contribution in [1.29, 1.82) is 0 Å². The number of aromatic amines is 1. The van der Waals surface area contributed by atoms with Gasteiger partial charge in [0.05, 0.1) is 12.7 Å². The third-order valence-corrected chi connectivity index (χ3v) is 4.30. The summed E-state index contributed by atoms with van der Waals surface area (Å²) in [5.41, 5.74) is 1.81. The largest absolute Gasteiger partial charge is 0.465 e. The highest BCUT2D eigenvalue weighted by molar-refractivity contribution is 5.95. The molecular weight excluding hydrogens is 320 g/mol. The van der Waals surface area contributed by atoms with E-state index in [0.717, 1.165) is 5.52 Å². The molecule has 0 unspecified atom stereocenters. The number of para-hydroxylation sites is 1. The van der Waals surface area contributed by atoms with E-state index >= 15 is 0 Å². The first-order chi connectivity index (χ1) is 12.2. The van der Waals surface area contributed by atoms with Crippen LogP contribution in [-0.2, 0) is 17.8 Å². The second-order valence-electron chi connectivity index (χ2n) is 5.78. The van der Waals surface area contributed by atoms with Crippen LogP contribution in [0.3, 0.4) is 0 Å². The first kappa shape index (κ1) is 15.2. The molecule has 0 atom stereocenters. The number of esters is 1. The molecule has 0 saturated carbocycles. The van der Waals surface area contributed by atoms with Crippen LogP contribution >= 0.6 is 0 Å². The number of rotatable bonds is 4. The number of ether oxygens (including phenoxy) is 1. The van der Waals surface area contributed by atoms with Crippen molar-refractivity contribution in [3.63, 3.8) is 0 Å². The molecule has 0 saturated heterocycles. The van der Waals surface area contributed by atoms with Gasteiger partial charge in [0.1, 0.15) is 11.3 Å². The number of aryl methyl sites for hydroxylation is 2. The van der Waals surface area contributed by atoms with Crippen molar-refractivity contribution in [2.24, 2.45) is 0 Å². The molecule has 0 aliphatic carbocycles. The summed E-state index contributed by atoms with van der Waals surface area (Å²) in [6.45, 7) is 1.31. The summed E-state index contributed by atoms with van der Waals surface area (Å²) < 4.78 is 8.76. The highest BCUT2D eigenvalue weighted by Gasteiger charge is 2.21. The highest BCUT2D eigenvalue weighted by Crippen LogP contribution is 2.21. The van der Waals surface area contributed by atoms with Crippen LogP contribution in [0.2, 0.25) is 0 Å². The lowest BCUT2D eigenvalue weighted by molar-refractivity contribution is 0.0600. The molecule has 3 heterocycles. The Hall–Kier alpha value is -3.35. The minimum Gasteiger partial charge on any atom is -0.465 e. The normalized spacial score (nSPS) is 11.2. The molecule has 0 bridgehead atoms. The summed E-state index contributed by atoms with van der Waals surface area (Å²) in [5, 5.41) is 7.48. The van der Waals surface area contributed by atoms with Crippen LogP contribution < -0.4 is 5.56 Å². The summed E-state index contributed by atoms with van der Waals surface area (Å²) in [6.07, 6.45) is 5.40. The number of aromatic nitrogens is 4. The molecule has 4 rings (SSSR count). The maximum Gasteiger partial charge on any atom is 0.341 e. The third kappa shape index (κ3) is 2.59. The summed E-state index contributed by atoms with van der Waals surface area (Å²) >= 11 is 0. The van der Waals surface area contributed by atoms with Crippen molar-refractivity contribution in [2.45, 2.75) is 13.1 Å². The van der Waals surface area contributed by atoms with E-state index in [2.05, 4.69) is 33.0 Å². The van der Waals surface area contributed by atoms with E-state index in [0.29, 0.717) is 24.3 Å². The predicted molar refractivity (Wildman–Crippen MR) is 92.7 cm³/mol. The number of nitrogens with one attached hydrogen (secondary N) is 1. The lowest BCUT2D eigenvalue weighted by Gasteiger charge is -2.12. The average molecular weight is 336 g/mol. The molecule has 2 aromatic rings. The van der Waals surface area contributed by atoms with Crippen LogP contribution in [0.5, 0.6) is 0 Å². The number of H-pyrrole nitrogens is 1. The summed E-state index contributed by atoms with van der Waals surface area (Å²) in [7, 11) is 1.31. The first-order valence-electron chi connectivity index (χ1n) is 7.88. The number of nitrogens with zero attached hydrogens (tertiary/aromatic N) is 3. The molecule has 0 fully saturated rings. The molecule has 1 aromatic carbocycles. The van der Waals surface area contributed by atoms with Gasteiger partial charge in [-0.25, -0.2) is 9.89 Å². The Morgan fingerprint density at radius 2 is 2.04 bits per heavy atom. The van der Waals surface area contributed by atoms with E-state index < -0.39 is 5.97 Å². The number of hydrogen-bond acceptors (Lipinski definition) is 4. The number of carbonyl (C=O) groups excluding carboxylic acids is 1. The van der Waals surface area contributed by atoms with Crippen LogP contribution in [0.4, 0.5) is 0 Å². The second kappa shape index (κ2) is 5.94. The molecule has 1 aromatic heterocycles. The summed E-state index contributed by atoms with van der Waals surface area (Å²) in [4.78, 5) is 23.9. The van der Waals surface area contributed by atoms with E-state index in [9.17, 15) is 9.59 Å². The molecule has 0 radical (unpaired) electrons.